The van der Waals surface area contributed by atoms with Crippen LogP contribution in [-0.4, -0.2) is 16.4 Å². The number of carbonyl (C=O) groups is 1. The van der Waals surface area contributed by atoms with Gasteiger partial charge in [0, 0.05) is 31.6 Å². The number of carbonyl (C=O) groups excluding carboxylic acids is 1. The van der Waals surface area contributed by atoms with Gasteiger partial charge in [-0.05, 0) is 22.3 Å². The van der Waals surface area contributed by atoms with E-state index < -0.39 is 6.04 Å². The van der Waals surface area contributed by atoms with Crippen LogP contribution in [0.1, 0.15) is 34.7 Å². The van der Waals surface area contributed by atoms with Gasteiger partial charge >= 0.3 is 0 Å². The monoisotopic (exact) mass is 446 g/mol. The first-order chi connectivity index (χ1) is 16.7. The third kappa shape index (κ3) is 6.60. The van der Waals surface area contributed by atoms with Crippen molar-refractivity contribution in [3.63, 3.8) is 0 Å². The van der Waals surface area contributed by atoms with Crippen molar-refractivity contribution in [2.75, 3.05) is 0 Å². The van der Waals surface area contributed by atoms with E-state index >= 15 is 0 Å². The molecule has 1 N–H and O–H groups in total. The van der Waals surface area contributed by atoms with Crippen LogP contribution in [0.3, 0.4) is 0 Å². The van der Waals surface area contributed by atoms with Gasteiger partial charge in [-0.1, -0.05) is 121 Å². The summed E-state index contributed by atoms with van der Waals surface area (Å²) in [4.78, 5) is 16.0. The van der Waals surface area contributed by atoms with Crippen molar-refractivity contribution >= 4 is 11.5 Å². The Labute approximate surface area is 202 Å². The van der Waals surface area contributed by atoms with Crippen molar-refractivity contribution in [1.82, 2.24) is 4.90 Å². The molecule has 3 nitrogen and oxygen atoms in total. The van der Waals surface area contributed by atoms with E-state index in [4.69, 9.17) is 5.41 Å². The molecule has 34 heavy (non-hydrogen) atoms. The molecule has 0 amide bonds. The van der Waals surface area contributed by atoms with Crippen LogP contribution >= 0.6 is 0 Å². The van der Waals surface area contributed by atoms with E-state index in [9.17, 15) is 4.79 Å². The summed E-state index contributed by atoms with van der Waals surface area (Å²) < 4.78 is 0. The summed E-state index contributed by atoms with van der Waals surface area (Å²) in [5, 5.41) is 8.56. The summed E-state index contributed by atoms with van der Waals surface area (Å²) in [7, 11) is 0. The smallest absolute Gasteiger partial charge is 0.160 e. The van der Waals surface area contributed by atoms with E-state index in [0.717, 1.165) is 22.3 Å². The standard InChI is InChI=1S/C31H30N2O/c32-29(21-25-13-5-1-6-14-25)22-30(34)31(28-19-11-4-12-20-28)33(23-26-15-7-2-8-16-26)24-27-17-9-3-10-18-27/h1-20,31-32H,21-24H2. The second-order valence-corrected chi connectivity index (χ2v) is 8.60. The lowest BCUT2D eigenvalue weighted by atomic mass is 9.94. The Morgan fingerprint density at radius 2 is 1.03 bits per heavy atom. The Morgan fingerprint density at radius 3 is 1.50 bits per heavy atom. The van der Waals surface area contributed by atoms with E-state index in [1.807, 2.05) is 97.1 Å². The summed E-state index contributed by atoms with van der Waals surface area (Å²) in [6, 6.07) is 40.0. The fraction of sp³-hybridized carbons (Fsp3) is 0.161. The molecule has 0 radical (unpaired) electrons. The third-order valence-electron chi connectivity index (χ3n) is 5.89. The maximum Gasteiger partial charge on any atom is 0.160 e. The summed E-state index contributed by atoms with van der Waals surface area (Å²) in [5.41, 5.74) is 4.78. The van der Waals surface area contributed by atoms with E-state index in [2.05, 4.69) is 29.2 Å². The Hall–Kier alpha value is -3.82. The number of hydrogen-bond acceptors (Lipinski definition) is 3. The lowest BCUT2D eigenvalue weighted by Gasteiger charge is -2.31. The highest BCUT2D eigenvalue weighted by molar-refractivity contribution is 6.03. The van der Waals surface area contributed by atoms with Gasteiger partial charge in [-0.15, -0.1) is 0 Å². The van der Waals surface area contributed by atoms with Crippen LogP contribution in [0.25, 0.3) is 0 Å². The molecule has 4 aromatic rings. The van der Waals surface area contributed by atoms with Crippen molar-refractivity contribution < 1.29 is 4.79 Å². The van der Waals surface area contributed by atoms with E-state index in [1.165, 1.54) is 0 Å². The molecule has 0 spiro atoms. The van der Waals surface area contributed by atoms with Crippen molar-refractivity contribution in [2.45, 2.75) is 32.0 Å². The molecule has 0 fully saturated rings. The van der Waals surface area contributed by atoms with Gasteiger partial charge in [0.15, 0.2) is 5.78 Å². The number of Topliss-reactive ketones (excluding diaryl/α,β-unsaturated/α-hetero) is 1. The number of benzene rings is 4. The maximum absolute atomic E-state index is 13.8. The molecule has 1 atom stereocenters. The van der Waals surface area contributed by atoms with Gasteiger partial charge in [0.05, 0.1) is 6.04 Å². The molecule has 3 heteroatoms. The Bertz CT molecular complexity index is 1130. The molecular weight excluding hydrogens is 416 g/mol. The topological polar surface area (TPSA) is 44.2 Å². The molecule has 170 valence electrons. The fourth-order valence-corrected chi connectivity index (χ4v) is 4.32. The molecule has 0 aliphatic heterocycles. The molecule has 0 aliphatic rings. The zero-order valence-corrected chi connectivity index (χ0v) is 19.3. The zero-order chi connectivity index (χ0) is 23.6. The molecule has 0 heterocycles. The average molecular weight is 447 g/mol. The fourth-order valence-electron chi connectivity index (χ4n) is 4.32. The number of nitrogens with zero attached hydrogens (tertiary/aromatic N) is 1. The molecule has 0 saturated heterocycles. The first-order valence-electron chi connectivity index (χ1n) is 11.7. The predicted molar refractivity (Wildman–Crippen MR) is 139 cm³/mol. The van der Waals surface area contributed by atoms with Gasteiger partial charge in [0.1, 0.15) is 0 Å². The maximum atomic E-state index is 13.8. The number of ketones is 1. The summed E-state index contributed by atoms with van der Waals surface area (Å²) in [6.45, 7) is 1.29. The zero-order valence-electron chi connectivity index (χ0n) is 19.3. The molecular formula is C31H30N2O. The third-order valence-corrected chi connectivity index (χ3v) is 5.89. The summed E-state index contributed by atoms with van der Waals surface area (Å²) >= 11 is 0. The normalized spacial score (nSPS) is 11.8. The first-order valence-corrected chi connectivity index (χ1v) is 11.7. The van der Waals surface area contributed by atoms with Gasteiger partial charge in [-0.25, -0.2) is 0 Å². The first kappa shape index (κ1) is 23.3. The minimum atomic E-state index is -0.433. The molecule has 1 unspecified atom stereocenters. The van der Waals surface area contributed by atoms with Crippen LogP contribution in [0.2, 0.25) is 0 Å². The Balaban J connectivity index is 1.62. The lowest BCUT2D eigenvalue weighted by Crippen LogP contribution is -2.34. The highest BCUT2D eigenvalue weighted by atomic mass is 16.1. The van der Waals surface area contributed by atoms with Gasteiger partial charge in [0.25, 0.3) is 0 Å². The van der Waals surface area contributed by atoms with Crippen LogP contribution in [0.5, 0.6) is 0 Å². The van der Waals surface area contributed by atoms with E-state index in [-0.39, 0.29) is 12.2 Å². The van der Waals surface area contributed by atoms with Crippen LogP contribution in [0.15, 0.2) is 121 Å². The van der Waals surface area contributed by atoms with Crippen LogP contribution < -0.4 is 0 Å². The number of nitrogens with one attached hydrogen (secondary N) is 1. The van der Waals surface area contributed by atoms with E-state index in [1.54, 1.807) is 0 Å². The van der Waals surface area contributed by atoms with Gasteiger partial charge in [-0.2, -0.15) is 0 Å². The molecule has 4 rings (SSSR count). The van der Waals surface area contributed by atoms with Crippen LogP contribution in [0.4, 0.5) is 0 Å². The largest absolute Gasteiger partial charge is 0.309 e. The molecule has 0 saturated carbocycles. The Kier molecular flexibility index (Phi) is 8.15. The highest BCUT2D eigenvalue weighted by Crippen LogP contribution is 2.27. The highest BCUT2D eigenvalue weighted by Gasteiger charge is 2.28. The average Bonchev–Trinajstić information content (AvgIpc) is 2.86. The van der Waals surface area contributed by atoms with Crippen LogP contribution in [-0.2, 0) is 24.3 Å². The van der Waals surface area contributed by atoms with E-state index in [0.29, 0.717) is 25.2 Å². The lowest BCUT2D eigenvalue weighted by molar-refractivity contribution is -0.123. The second kappa shape index (κ2) is 11.9. The van der Waals surface area contributed by atoms with Gasteiger partial charge in [-0.3, -0.25) is 9.69 Å². The number of hydrogen-bond donors (Lipinski definition) is 1. The van der Waals surface area contributed by atoms with Crippen molar-refractivity contribution in [1.29, 1.82) is 5.41 Å². The number of rotatable bonds is 11. The minimum Gasteiger partial charge on any atom is -0.309 e. The molecule has 4 aromatic carbocycles. The van der Waals surface area contributed by atoms with Gasteiger partial charge < -0.3 is 5.41 Å². The van der Waals surface area contributed by atoms with Crippen molar-refractivity contribution in [3.8, 4) is 0 Å². The predicted octanol–water partition coefficient (Wildman–Crippen LogP) is 6.65. The van der Waals surface area contributed by atoms with Crippen molar-refractivity contribution in [3.05, 3.63) is 144 Å². The summed E-state index contributed by atoms with van der Waals surface area (Å²) in [5.74, 6) is 0.0546. The van der Waals surface area contributed by atoms with Gasteiger partial charge in [0.2, 0.25) is 0 Å². The molecule has 0 aromatic heterocycles. The SMILES string of the molecule is N=C(CC(=O)C(c1ccccc1)N(Cc1ccccc1)Cc1ccccc1)Cc1ccccc1. The van der Waals surface area contributed by atoms with Crippen LogP contribution in [0, 0.1) is 5.41 Å². The van der Waals surface area contributed by atoms with Crippen molar-refractivity contribution in [2.24, 2.45) is 0 Å². The Morgan fingerprint density at radius 1 is 0.618 bits per heavy atom. The quantitative estimate of drug-likeness (QED) is 0.262. The molecule has 0 bridgehead atoms. The summed E-state index contributed by atoms with van der Waals surface area (Å²) in [6.07, 6.45) is 0.625. The molecule has 0 aliphatic carbocycles. The second-order valence-electron chi connectivity index (χ2n) is 8.60. The minimum absolute atomic E-state index is 0.0546.